The van der Waals surface area contributed by atoms with E-state index in [0.717, 1.165) is 11.3 Å². The molecule has 1 heterocycles. The molecule has 0 aromatic carbocycles. The molecule has 0 amide bonds. The standard InChI is InChI=1S/C6H3BrO3S/c7-5-3(2-8)1-4(11-5)6(9)10/h1-2H,(H,9,10). The monoisotopic (exact) mass is 234 g/mol. The lowest BCUT2D eigenvalue weighted by Crippen LogP contribution is -1.90. The smallest absolute Gasteiger partial charge is 0.345 e. The van der Waals surface area contributed by atoms with Crippen LogP contribution in [-0.4, -0.2) is 17.4 Å². The molecule has 0 fully saturated rings. The molecule has 1 aromatic heterocycles. The molecule has 0 aliphatic heterocycles. The van der Waals surface area contributed by atoms with Gasteiger partial charge in [0, 0.05) is 5.56 Å². The molecule has 58 valence electrons. The molecular weight excluding hydrogens is 232 g/mol. The molecule has 3 nitrogen and oxygen atoms in total. The van der Waals surface area contributed by atoms with Crippen molar-refractivity contribution in [3.63, 3.8) is 0 Å². The van der Waals surface area contributed by atoms with Gasteiger partial charge >= 0.3 is 5.97 Å². The number of thiophene rings is 1. The first-order chi connectivity index (χ1) is 5.15. The molecule has 0 unspecified atom stereocenters. The van der Waals surface area contributed by atoms with E-state index in [1.54, 1.807) is 0 Å². The summed E-state index contributed by atoms with van der Waals surface area (Å²) in [5.74, 6) is -1.01. The maximum absolute atomic E-state index is 10.4. The lowest BCUT2D eigenvalue weighted by Gasteiger charge is -1.79. The third kappa shape index (κ3) is 1.66. The lowest BCUT2D eigenvalue weighted by atomic mass is 10.3. The Morgan fingerprint density at radius 3 is 2.64 bits per heavy atom. The lowest BCUT2D eigenvalue weighted by molar-refractivity contribution is 0.0702. The van der Waals surface area contributed by atoms with Gasteiger partial charge in [0.15, 0.2) is 6.29 Å². The maximum atomic E-state index is 10.4. The van der Waals surface area contributed by atoms with Crippen molar-refractivity contribution in [2.24, 2.45) is 0 Å². The molecule has 0 atom stereocenters. The van der Waals surface area contributed by atoms with Crippen LogP contribution in [0.2, 0.25) is 0 Å². The molecule has 5 heteroatoms. The van der Waals surface area contributed by atoms with Crippen LogP contribution in [0, 0.1) is 0 Å². The summed E-state index contributed by atoms with van der Waals surface area (Å²) < 4.78 is 0.560. The number of aldehydes is 1. The maximum Gasteiger partial charge on any atom is 0.345 e. The second-order valence-corrected chi connectivity index (χ2v) is 4.13. The number of halogens is 1. The minimum absolute atomic E-state index is 0.166. The Morgan fingerprint density at radius 2 is 2.36 bits per heavy atom. The fourth-order valence-corrected chi connectivity index (χ4v) is 1.99. The quantitative estimate of drug-likeness (QED) is 0.797. The zero-order valence-electron chi connectivity index (χ0n) is 5.20. The second kappa shape index (κ2) is 3.15. The fourth-order valence-electron chi connectivity index (χ4n) is 0.569. The summed E-state index contributed by atoms with van der Waals surface area (Å²) in [5.41, 5.74) is 0.382. The highest BCUT2D eigenvalue weighted by Crippen LogP contribution is 2.26. The Morgan fingerprint density at radius 1 is 1.73 bits per heavy atom. The van der Waals surface area contributed by atoms with E-state index in [1.807, 2.05) is 0 Å². The average molecular weight is 235 g/mol. The van der Waals surface area contributed by atoms with E-state index < -0.39 is 5.97 Å². The van der Waals surface area contributed by atoms with Crippen molar-refractivity contribution in [2.45, 2.75) is 0 Å². The molecule has 11 heavy (non-hydrogen) atoms. The highest BCUT2D eigenvalue weighted by atomic mass is 79.9. The Balaban J connectivity index is 3.14. The average Bonchev–Trinajstić information content (AvgIpc) is 2.31. The van der Waals surface area contributed by atoms with Gasteiger partial charge in [-0.3, -0.25) is 4.79 Å². The number of carbonyl (C=O) groups is 2. The molecule has 1 rings (SSSR count). The molecule has 1 N–H and O–H groups in total. The van der Waals surface area contributed by atoms with Gasteiger partial charge in [0.05, 0.1) is 3.79 Å². The van der Waals surface area contributed by atoms with E-state index in [4.69, 9.17) is 5.11 Å². The Hall–Kier alpha value is -0.680. The van der Waals surface area contributed by atoms with Crippen molar-refractivity contribution in [1.29, 1.82) is 0 Å². The van der Waals surface area contributed by atoms with Gasteiger partial charge in [-0.2, -0.15) is 0 Å². The summed E-state index contributed by atoms with van der Waals surface area (Å²) in [6.07, 6.45) is 0.618. The summed E-state index contributed by atoms with van der Waals surface area (Å²) in [5, 5.41) is 8.49. The van der Waals surface area contributed by atoms with Gasteiger partial charge in [-0.1, -0.05) is 0 Å². The third-order valence-corrected chi connectivity index (χ3v) is 2.92. The first-order valence-corrected chi connectivity index (χ1v) is 4.24. The largest absolute Gasteiger partial charge is 0.477 e. The van der Waals surface area contributed by atoms with E-state index in [2.05, 4.69) is 15.9 Å². The number of aromatic carboxylic acids is 1. The van der Waals surface area contributed by atoms with E-state index in [-0.39, 0.29) is 4.88 Å². The van der Waals surface area contributed by atoms with Crippen LogP contribution in [0.4, 0.5) is 0 Å². The number of carboxylic acid groups (broad SMARTS) is 1. The second-order valence-electron chi connectivity index (χ2n) is 1.76. The van der Waals surface area contributed by atoms with Gasteiger partial charge in [-0.15, -0.1) is 11.3 Å². The van der Waals surface area contributed by atoms with Gasteiger partial charge in [0.1, 0.15) is 4.88 Å². The minimum atomic E-state index is -1.01. The fraction of sp³-hybridized carbons (Fsp3) is 0. The van der Waals surface area contributed by atoms with Gasteiger partial charge in [0.25, 0.3) is 0 Å². The van der Waals surface area contributed by atoms with Crippen LogP contribution >= 0.6 is 27.3 Å². The van der Waals surface area contributed by atoms with Crippen LogP contribution < -0.4 is 0 Å². The van der Waals surface area contributed by atoms with E-state index in [0.29, 0.717) is 15.6 Å². The van der Waals surface area contributed by atoms with Crippen molar-refractivity contribution >= 4 is 39.5 Å². The highest BCUT2D eigenvalue weighted by Gasteiger charge is 2.10. The SMILES string of the molecule is O=Cc1cc(C(=O)O)sc1Br. The van der Waals surface area contributed by atoms with E-state index >= 15 is 0 Å². The molecule has 0 spiro atoms. The summed E-state index contributed by atoms with van der Waals surface area (Å²) in [7, 11) is 0. The van der Waals surface area contributed by atoms with Crippen molar-refractivity contribution in [2.75, 3.05) is 0 Å². The molecule has 1 aromatic rings. The first-order valence-electron chi connectivity index (χ1n) is 2.63. The topological polar surface area (TPSA) is 54.4 Å². The van der Waals surface area contributed by atoms with Crippen LogP contribution in [-0.2, 0) is 0 Å². The van der Waals surface area contributed by atoms with E-state index in [1.165, 1.54) is 6.07 Å². The zero-order valence-corrected chi connectivity index (χ0v) is 7.61. The van der Waals surface area contributed by atoms with Crippen LogP contribution in [0.1, 0.15) is 20.0 Å². The molecule has 0 aliphatic carbocycles. The summed E-state index contributed by atoms with van der Waals surface area (Å²) in [6.45, 7) is 0. The molecule has 0 radical (unpaired) electrons. The third-order valence-electron chi connectivity index (χ3n) is 1.05. The van der Waals surface area contributed by atoms with Gasteiger partial charge in [-0.25, -0.2) is 4.79 Å². The molecule has 0 saturated heterocycles. The highest BCUT2D eigenvalue weighted by molar-refractivity contribution is 9.11. The number of hydrogen-bond acceptors (Lipinski definition) is 3. The normalized spacial score (nSPS) is 9.55. The molecular formula is C6H3BrO3S. The molecule has 0 saturated carbocycles. The minimum Gasteiger partial charge on any atom is -0.477 e. The van der Waals surface area contributed by atoms with Gasteiger partial charge in [0.2, 0.25) is 0 Å². The Labute approximate surface area is 74.8 Å². The molecule has 0 bridgehead atoms. The van der Waals surface area contributed by atoms with Crippen molar-refractivity contribution in [3.05, 3.63) is 20.3 Å². The van der Waals surface area contributed by atoms with Crippen LogP contribution in [0.3, 0.4) is 0 Å². The first kappa shape index (κ1) is 8.42. The van der Waals surface area contributed by atoms with Crippen LogP contribution in [0.15, 0.2) is 9.85 Å². The summed E-state index contributed by atoms with van der Waals surface area (Å²) in [4.78, 5) is 20.8. The summed E-state index contributed by atoms with van der Waals surface area (Å²) in [6, 6.07) is 1.34. The van der Waals surface area contributed by atoms with Gasteiger partial charge in [-0.05, 0) is 22.0 Å². The zero-order chi connectivity index (χ0) is 8.43. The predicted octanol–water partition coefficient (Wildman–Crippen LogP) is 2.02. The van der Waals surface area contributed by atoms with E-state index in [9.17, 15) is 9.59 Å². The number of hydrogen-bond donors (Lipinski definition) is 1. The van der Waals surface area contributed by atoms with Crippen LogP contribution in [0.25, 0.3) is 0 Å². The van der Waals surface area contributed by atoms with Crippen molar-refractivity contribution in [3.8, 4) is 0 Å². The number of rotatable bonds is 2. The Bertz CT molecular complexity index is 305. The van der Waals surface area contributed by atoms with Crippen LogP contribution in [0.5, 0.6) is 0 Å². The predicted molar refractivity (Wildman–Crippen MR) is 44.4 cm³/mol. The number of carbonyl (C=O) groups excluding carboxylic acids is 1. The molecule has 0 aliphatic rings. The summed E-state index contributed by atoms with van der Waals surface area (Å²) >= 11 is 4.10. The van der Waals surface area contributed by atoms with Gasteiger partial charge < -0.3 is 5.11 Å². The van der Waals surface area contributed by atoms with Crippen molar-refractivity contribution < 1.29 is 14.7 Å². The van der Waals surface area contributed by atoms with Crippen molar-refractivity contribution in [1.82, 2.24) is 0 Å². The number of carboxylic acids is 1. The Kier molecular flexibility index (Phi) is 2.41.